The molecular weight excluding hydrogens is 675 g/mol. The van der Waals surface area contributed by atoms with E-state index in [1.54, 1.807) is 68.4 Å². The summed E-state index contributed by atoms with van der Waals surface area (Å²) >= 11 is 23.6. The Balaban J connectivity index is 0.000000561. The van der Waals surface area contributed by atoms with E-state index in [1.165, 1.54) is 0 Å². The Bertz CT molecular complexity index is 1250. The van der Waals surface area contributed by atoms with Crippen molar-refractivity contribution in [1.82, 2.24) is 0 Å². The van der Waals surface area contributed by atoms with Gasteiger partial charge in [0.05, 0.1) is 26.1 Å². The topological polar surface area (TPSA) is 102 Å². The van der Waals surface area contributed by atoms with E-state index in [9.17, 15) is 14.4 Å². The van der Waals surface area contributed by atoms with E-state index in [-0.39, 0.29) is 24.8 Å². The Morgan fingerprint density at radius 1 is 0.854 bits per heavy atom. The van der Waals surface area contributed by atoms with Crippen molar-refractivity contribution in [2.45, 2.75) is 31.5 Å². The van der Waals surface area contributed by atoms with Gasteiger partial charge < -0.3 is 14.6 Å². The molecule has 3 aromatic rings. The van der Waals surface area contributed by atoms with Gasteiger partial charge in [0.15, 0.2) is 0 Å². The summed E-state index contributed by atoms with van der Waals surface area (Å²) in [5, 5.41) is 10.2. The van der Waals surface area contributed by atoms with Crippen molar-refractivity contribution in [1.29, 1.82) is 0 Å². The van der Waals surface area contributed by atoms with E-state index < -0.39 is 10.8 Å². The monoisotopic (exact) mass is 702 g/mol. The molecule has 1 atom stereocenters. The molecule has 0 aliphatic heterocycles. The minimum atomic E-state index is -0.840. The van der Waals surface area contributed by atoms with Crippen molar-refractivity contribution >= 4 is 89.1 Å². The molecule has 0 spiro atoms. The van der Waals surface area contributed by atoms with Crippen LogP contribution in [0.1, 0.15) is 35.4 Å². The number of carbonyl (C=O) groups is 3. The van der Waals surface area contributed by atoms with Gasteiger partial charge in [0.2, 0.25) is 0 Å². The maximum atomic E-state index is 11.3. The number of benzene rings is 3. The van der Waals surface area contributed by atoms with E-state index in [0.717, 1.165) is 16.7 Å². The second-order valence-electron chi connectivity index (χ2n) is 7.60. The van der Waals surface area contributed by atoms with Crippen LogP contribution in [0.25, 0.3) is 0 Å². The van der Waals surface area contributed by atoms with Crippen LogP contribution in [0.5, 0.6) is 0 Å². The number of nitrogens with zero attached hydrogens (tertiary/aromatic N) is 1. The first-order chi connectivity index (χ1) is 19.5. The Morgan fingerprint density at radius 2 is 1.29 bits per heavy atom. The van der Waals surface area contributed by atoms with Gasteiger partial charge in [-0.1, -0.05) is 87.1 Å². The summed E-state index contributed by atoms with van der Waals surface area (Å²) in [5.41, 5.74) is 2.41. The summed E-state index contributed by atoms with van der Waals surface area (Å²) in [6.07, 6.45) is 0.314. The van der Waals surface area contributed by atoms with Crippen molar-refractivity contribution in [3.8, 4) is 0 Å². The Labute approximate surface area is 270 Å². The number of carboxylic acids is 1. The van der Waals surface area contributed by atoms with Crippen molar-refractivity contribution in [2.24, 2.45) is 4.30 Å². The summed E-state index contributed by atoms with van der Waals surface area (Å²) in [4.78, 5) is 32.2. The molecule has 0 aliphatic rings. The normalized spacial score (nSPS) is 10.1. The average molecular weight is 705 g/mol. The molecule has 13 heteroatoms. The van der Waals surface area contributed by atoms with E-state index in [0.29, 0.717) is 28.3 Å². The van der Waals surface area contributed by atoms with Crippen LogP contribution >= 0.6 is 63.5 Å². The molecule has 0 aromatic heterocycles. The fraction of sp³-hybridized carbons (Fsp3) is 0.250. The number of alkyl halides is 1. The summed E-state index contributed by atoms with van der Waals surface area (Å²) in [5.74, 6) is -1.35. The van der Waals surface area contributed by atoms with Gasteiger partial charge in [0, 0.05) is 15.1 Å². The van der Waals surface area contributed by atoms with Crippen LogP contribution in [0.2, 0.25) is 15.1 Å². The molecule has 1 N–H and O–H groups in total. The molecule has 0 amide bonds. The Hall–Kier alpha value is -2.37. The Morgan fingerprint density at radius 3 is 1.71 bits per heavy atom. The number of ether oxygens (including phenoxy) is 2. The zero-order valence-electron chi connectivity index (χ0n) is 22.3. The molecule has 3 rings (SSSR count). The second kappa shape index (κ2) is 23.2. The number of thiol groups is 1. The third-order valence-corrected chi connectivity index (χ3v) is 6.03. The fourth-order valence-corrected chi connectivity index (χ4v) is 3.90. The summed E-state index contributed by atoms with van der Waals surface area (Å²) in [6.45, 7) is 4.35. The maximum absolute atomic E-state index is 11.3. The molecule has 0 saturated heterocycles. The van der Waals surface area contributed by atoms with Crippen LogP contribution in [0, 0.1) is 0 Å². The molecule has 0 saturated carbocycles. The SMILES string of the molecule is CCOC(=O)C(Br)c1cccc(Cl)c1.CCOC(=O)Cc1cccc(Cl)c1.O=C(O)Cc1cccc(Cl)c1.[B]=NS. The minimum absolute atomic E-state index is 0.0283. The molecular formula is C28H29BBrCl3NO6S. The first-order valence-electron chi connectivity index (χ1n) is 11.9. The van der Waals surface area contributed by atoms with Crippen molar-refractivity contribution in [3.63, 3.8) is 0 Å². The number of carbonyl (C=O) groups excluding carboxylic acids is 2. The number of esters is 2. The third kappa shape index (κ3) is 19.4. The molecule has 1 radical (unpaired) electrons. The van der Waals surface area contributed by atoms with Crippen LogP contribution in [0.15, 0.2) is 77.1 Å². The molecule has 0 bridgehead atoms. The first-order valence-corrected chi connectivity index (χ1v) is 14.4. The van der Waals surface area contributed by atoms with Gasteiger partial charge in [-0.05, 0) is 66.9 Å². The standard InChI is InChI=1S/C10H10BrClO2.C10H11ClO2.C8H7ClO2.BHNS/c1-2-14-10(13)9(11)7-4-3-5-8(12)6-7;1-2-13-10(12)7-8-4-3-5-9(11)6-8;9-7-3-1-2-6(4-7)5-8(10)11;1-2-3/h3-6,9H,2H2,1H3;3-6H,2,7H2,1H3;1-4H,5H2,(H,10,11);3H. The molecule has 1 unspecified atom stereocenters. The molecule has 41 heavy (non-hydrogen) atoms. The van der Waals surface area contributed by atoms with Crippen LogP contribution in [-0.4, -0.2) is 43.9 Å². The van der Waals surface area contributed by atoms with Gasteiger partial charge >= 0.3 is 42.7 Å². The van der Waals surface area contributed by atoms with E-state index in [2.05, 4.69) is 40.7 Å². The molecule has 0 aliphatic carbocycles. The van der Waals surface area contributed by atoms with Gasteiger partial charge in [-0.3, -0.25) is 14.4 Å². The quantitative estimate of drug-likeness (QED) is 0.107. The third-order valence-electron chi connectivity index (χ3n) is 4.42. The van der Waals surface area contributed by atoms with Crippen molar-refractivity contribution < 1.29 is 29.0 Å². The predicted octanol–water partition coefficient (Wildman–Crippen LogP) is 7.94. The van der Waals surface area contributed by atoms with E-state index in [4.69, 9.17) is 49.4 Å². The molecule has 0 fully saturated rings. The molecule has 3 aromatic carbocycles. The van der Waals surface area contributed by atoms with Gasteiger partial charge in [0.25, 0.3) is 0 Å². The predicted molar refractivity (Wildman–Crippen MR) is 172 cm³/mol. The zero-order valence-corrected chi connectivity index (χ0v) is 27.1. The van der Waals surface area contributed by atoms with E-state index >= 15 is 0 Å². The summed E-state index contributed by atoms with van der Waals surface area (Å²) in [6, 6.07) is 21.2. The van der Waals surface area contributed by atoms with Gasteiger partial charge in [-0.2, -0.15) is 0 Å². The van der Waals surface area contributed by atoms with Crippen molar-refractivity contribution in [3.05, 3.63) is 105 Å². The van der Waals surface area contributed by atoms with Crippen molar-refractivity contribution in [2.75, 3.05) is 13.2 Å². The molecule has 219 valence electrons. The number of aliphatic carboxylic acids is 1. The zero-order chi connectivity index (χ0) is 31.2. The molecule has 0 heterocycles. The summed E-state index contributed by atoms with van der Waals surface area (Å²) in [7, 11) is 4.34. The van der Waals surface area contributed by atoms with Crippen LogP contribution < -0.4 is 0 Å². The molecule has 7 nitrogen and oxygen atoms in total. The summed E-state index contributed by atoms with van der Waals surface area (Å²) < 4.78 is 12.4. The Kier molecular flexibility index (Phi) is 21.9. The van der Waals surface area contributed by atoms with Gasteiger partial charge in [-0.15, -0.1) is 0 Å². The number of carboxylic acid groups (broad SMARTS) is 1. The van der Waals surface area contributed by atoms with Gasteiger partial charge in [0.1, 0.15) is 4.83 Å². The number of rotatable bonds is 8. The van der Waals surface area contributed by atoms with E-state index in [1.807, 2.05) is 18.2 Å². The number of hydrogen-bond donors (Lipinski definition) is 2. The first kappa shape index (κ1) is 38.6. The fourth-order valence-electron chi connectivity index (χ4n) is 2.86. The number of halogens is 4. The van der Waals surface area contributed by atoms with Crippen LogP contribution in [-0.2, 0) is 36.7 Å². The van der Waals surface area contributed by atoms with Crippen LogP contribution in [0.4, 0.5) is 0 Å². The second-order valence-corrected chi connectivity index (χ2v) is 10.1. The van der Waals surface area contributed by atoms with Gasteiger partial charge in [-0.25, -0.2) is 0 Å². The average Bonchev–Trinajstić information content (AvgIpc) is 2.89. The number of hydrogen-bond acceptors (Lipinski definition) is 7. The van der Waals surface area contributed by atoms with Crippen LogP contribution in [0.3, 0.4) is 0 Å².